The van der Waals surface area contributed by atoms with Crippen LogP contribution in [0.2, 0.25) is 10.0 Å². The lowest BCUT2D eigenvalue weighted by Gasteiger charge is -2.42. The molecule has 27 heavy (non-hydrogen) atoms. The van der Waals surface area contributed by atoms with E-state index in [1.165, 1.54) is 7.11 Å². The highest BCUT2D eigenvalue weighted by atomic mass is 35.5. The SMILES string of the molecule is COC(=O)C[C@]1(C)C[C@H](c2cccc(Cl)c2)[C@@H](c2ccc(Cl)cc2)NC1=O. The van der Waals surface area contributed by atoms with Gasteiger partial charge in [-0.15, -0.1) is 0 Å². The number of rotatable bonds is 4. The van der Waals surface area contributed by atoms with E-state index in [1.807, 2.05) is 36.4 Å². The molecule has 3 atom stereocenters. The fraction of sp³-hybridized carbons (Fsp3) is 0.333. The molecule has 0 saturated carbocycles. The van der Waals surface area contributed by atoms with E-state index in [1.54, 1.807) is 19.1 Å². The molecule has 0 aliphatic carbocycles. The Morgan fingerprint density at radius 3 is 2.48 bits per heavy atom. The van der Waals surface area contributed by atoms with Crippen molar-refractivity contribution in [2.45, 2.75) is 31.7 Å². The average Bonchev–Trinajstić information content (AvgIpc) is 2.64. The molecule has 0 aromatic heterocycles. The number of carbonyl (C=O) groups excluding carboxylic acids is 2. The maximum Gasteiger partial charge on any atom is 0.306 e. The van der Waals surface area contributed by atoms with Gasteiger partial charge in [0.1, 0.15) is 0 Å². The summed E-state index contributed by atoms with van der Waals surface area (Å²) in [4.78, 5) is 24.8. The van der Waals surface area contributed by atoms with Gasteiger partial charge in [0.25, 0.3) is 0 Å². The Morgan fingerprint density at radius 2 is 1.85 bits per heavy atom. The molecular weight excluding hydrogens is 385 g/mol. The van der Waals surface area contributed by atoms with Gasteiger partial charge in [-0.1, -0.05) is 54.4 Å². The van der Waals surface area contributed by atoms with E-state index in [9.17, 15) is 9.59 Å². The lowest BCUT2D eigenvalue weighted by atomic mass is 9.68. The second kappa shape index (κ2) is 7.91. The van der Waals surface area contributed by atoms with Crippen molar-refractivity contribution in [1.82, 2.24) is 5.32 Å². The van der Waals surface area contributed by atoms with Crippen LogP contribution in [0, 0.1) is 5.41 Å². The Bertz CT molecular complexity index is 853. The summed E-state index contributed by atoms with van der Waals surface area (Å²) >= 11 is 12.2. The highest BCUT2D eigenvalue weighted by Gasteiger charge is 2.46. The summed E-state index contributed by atoms with van der Waals surface area (Å²) in [6, 6.07) is 14.8. The topological polar surface area (TPSA) is 55.4 Å². The van der Waals surface area contributed by atoms with Gasteiger partial charge in [0.05, 0.1) is 25.0 Å². The van der Waals surface area contributed by atoms with Gasteiger partial charge in [-0.3, -0.25) is 9.59 Å². The molecule has 1 N–H and O–H groups in total. The number of hydrogen-bond acceptors (Lipinski definition) is 3. The van der Waals surface area contributed by atoms with Crippen LogP contribution in [0.4, 0.5) is 0 Å². The van der Waals surface area contributed by atoms with E-state index < -0.39 is 11.4 Å². The van der Waals surface area contributed by atoms with Gasteiger partial charge in [0.2, 0.25) is 5.91 Å². The van der Waals surface area contributed by atoms with Gasteiger partial charge in [-0.2, -0.15) is 0 Å². The largest absolute Gasteiger partial charge is 0.469 e. The van der Waals surface area contributed by atoms with Crippen LogP contribution in [-0.4, -0.2) is 19.0 Å². The zero-order valence-corrected chi connectivity index (χ0v) is 16.7. The van der Waals surface area contributed by atoms with Crippen LogP contribution in [0.5, 0.6) is 0 Å². The summed E-state index contributed by atoms with van der Waals surface area (Å²) in [5.41, 5.74) is 1.11. The smallest absolute Gasteiger partial charge is 0.306 e. The molecule has 0 unspecified atom stereocenters. The summed E-state index contributed by atoms with van der Waals surface area (Å²) < 4.78 is 4.80. The van der Waals surface area contributed by atoms with Gasteiger partial charge < -0.3 is 10.1 Å². The molecule has 142 valence electrons. The second-order valence-electron chi connectivity index (χ2n) is 7.18. The molecule has 3 rings (SSSR count). The van der Waals surface area contributed by atoms with Gasteiger partial charge in [-0.25, -0.2) is 0 Å². The molecule has 0 bridgehead atoms. The lowest BCUT2D eigenvalue weighted by molar-refractivity contribution is -0.149. The minimum atomic E-state index is -0.858. The first-order valence-corrected chi connectivity index (χ1v) is 9.47. The van der Waals surface area contributed by atoms with E-state index >= 15 is 0 Å². The number of esters is 1. The number of nitrogens with one attached hydrogen (secondary N) is 1. The van der Waals surface area contributed by atoms with Gasteiger partial charge in [-0.05, 0) is 41.8 Å². The van der Waals surface area contributed by atoms with E-state index in [0.29, 0.717) is 16.5 Å². The zero-order chi connectivity index (χ0) is 19.6. The third-order valence-electron chi connectivity index (χ3n) is 5.18. The summed E-state index contributed by atoms with van der Waals surface area (Å²) in [7, 11) is 1.33. The number of halogens is 2. The van der Waals surface area contributed by atoms with Crippen LogP contribution in [0.25, 0.3) is 0 Å². The van der Waals surface area contributed by atoms with Gasteiger partial charge in [0.15, 0.2) is 0 Å². The number of methoxy groups -OCH3 is 1. The summed E-state index contributed by atoms with van der Waals surface area (Å²) in [5.74, 6) is -0.606. The van der Waals surface area contributed by atoms with Crippen molar-refractivity contribution in [3.63, 3.8) is 0 Å². The molecule has 0 spiro atoms. The fourth-order valence-corrected chi connectivity index (χ4v) is 4.01. The summed E-state index contributed by atoms with van der Waals surface area (Å²) in [6.07, 6.45) is 0.529. The first-order valence-electron chi connectivity index (χ1n) is 8.71. The Kier molecular flexibility index (Phi) is 5.78. The predicted octanol–water partition coefficient (Wildman–Crippen LogP) is 4.91. The number of benzene rings is 2. The van der Waals surface area contributed by atoms with Crippen LogP contribution in [-0.2, 0) is 14.3 Å². The number of carbonyl (C=O) groups is 2. The highest BCUT2D eigenvalue weighted by molar-refractivity contribution is 6.30. The summed E-state index contributed by atoms with van der Waals surface area (Å²) in [5, 5.41) is 4.38. The monoisotopic (exact) mass is 405 g/mol. The Labute approximate surface area is 168 Å². The van der Waals surface area contributed by atoms with E-state index in [0.717, 1.165) is 11.1 Å². The minimum absolute atomic E-state index is 0.0275. The van der Waals surface area contributed by atoms with Crippen LogP contribution in [0.15, 0.2) is 48.5 Å². The lowest BCUT2D eigenvalue weighted by Crippen LogP contribution is -2.50. The molecule has 0 radical (unpaired) electrons. The number of piperidine rings is 1. The normalized spacial score (nSPS) is 25.0. The number of amides is 1. The Morgan fingerprint density at radius 1 is 1.15 bits per heavy atom. The molecule has 1 saturated heterocycles. The van der Waals surface area contributed by atoms with Crippen molar-refractivity contribution < 1.29 is 14.3 Å². The molecule has 1 fully saturated rings. The van der Waals surface area contributed by atoms with Crippen LogP contribution in [0.3, 0.4) is 0 Å². The summed E-state index contributed by atoms with van der Waals surface area (Å²) in [6.45, 7) is 1.80. The van der Waals surface area contributed by atoms with Gasteiger partial charge in [0, 0.05) is 16.0 Å². The number of ether oxygens (including phenoxy) is 1. The van der Waals surface area contributed by atoms with Crippen molar-refractivity contribution >= 4 is 35.1 Å². The van der Waals surface area contributed by atoms with E-state index in [2.05, 4.69) is 5.32 Å². The highest BCUT2D eigenvalue weighted by Crippen LogP contribution is 2.46. The van der Waals surface area contributed by atoms with Crippen molar-refractivity contribution in [2.75, 3.05) is 7.11 Å². The average molecular weight is 406 g/mol. The molecule has 1 aliphatic rings. The molecule has 4 nitrogen and oxygen atoms in total. The van der Waals surface area contributed by atoms with Crippen LogP contribution >= 0.6 is 23.2 Å². The molecule has 6 heteroatoms. The maximum absolute atomic E-state index is 12.9. The van der Waals surface area contributed by atoms with Gasteiger partial charge >= 0.3 is 5.97 Å². The van der Waals surface area contributed by atoms with E-state index in [4.69, 9.17) is 27.9 Å². The fourth-order valence-electron chi connectivity index (χ4n) is 3.69. The zero-order valence-electron chi connectivity index (χ0n) is 15.2. The van der Waals surface area contributed by atoms with Crippen molar-refractivity contribution in [3.05, 3.63) is 69.7 Å². The van der Waals surface area contributed by atoms with E-state index in [-0.39, 0.29) is 24.3 Å². The maximum atomic E-state index is 12.9. The molecule has 1 aliphatic heterocycles. The quantitative estimate of drug-likeness (QED) is 0.735. The Hall–Kier alpha value is -2.04. The molecular formula is C21H21Cl2NO3. The van der Waals surface area contributed by atoms with Crippen LogP contribution < -0.4 is 5.32 Å². The third kappa shape index (κ3) is 4.28. The van der Waals surface area contributed by atoms with Crippen molar-refractivity contribution in [3.8, 4) is 0 Å². The Balaban J connectivity index is 2.01. The standard InChI is InChI=1S/C21H21Cl2NO3/c1-21(12-18(25)27-2)11-17(14-4-3-5-16(23)10-14)19(24-20(21)26)13-6-8-15(22)9-7-13/h3-10,17,19H,11-12H2,1-2H3,(H,24,26)/t17-,19-,21+/m1/s1. The number of hydrogen-bond donors (Lipinski definition) is 1. The molecule has 2 aromatic rings. The van der Waals surface area contributed by atoms with Crippen molar-refractivity contribution in [2.24, 2.45) is 5.41 Å². The second-order valence-corrected chi connectivity index (χ2v) is 8.05. The molecule has 2 aromatic carbocycles. The van der Waals surface area contributed by atoms with Crippen LogP contribution in [0.1, 0.15) is 42.9 Å². The predicted molar refractivity (Wildman–Crippen MR) is 106 cm³/mol. The minimum Gasteiger partial charge on any atom is -0.469 e. The molecule has 1 heterocycles. The molecule has 1 amide bonds. The third-order valence-corrected chi connectivity index (χ3v) is 5.66. The first kappa shape index (κ1) is 19.7. The van der Waals surface area contributed by atoms with Crippen molar-refractivity contribution in [1.29, 1.82) is 0 Å². The first-order chi connectivity index (χ1) is 12.8.